The number of carbonyl (C=O) groups is 2. The Balaban J connectivity index is 1.72. The first-order chi connectivity index (χ1) is 20.5. The fourth-order valence-electron chi connectivity index (χ4n) is 5.30. The van der Waals surface area contributed by atoms with Crippen molar-refractivity contribution in [2.45, 2.75) is 75.9 Å². The van der Waals surface area contributed by atoms with Crippen molar-refractivity contribution in [2.75, 3.05) is 10.8 Å². The molecular weight excluding hydrogens is 673 g/mol. The van der Waals surface area contributed by atoms with Crippen LogP contribution >= 0.6 is 39.1 Å². The summed E-state index contributed by atoms with van der Waals surface area (Å²) < 4.78 is 29.8. The minimum atomic E-state index is -4.15. The maximum atomic E-state index is 14.3. The average Bonchev–Trinajstić information content (AvgIpc) is 2.98. The van der Waals surface area contributed by atoms with Crippen molar-refractivity contribution in [2.24, 2.45) is 0 Å². The Kier molecular flexibility index (Phi) is 11.6. The molecule has 3 aromatic carbocycles. The van der Waals surface area contributed by atoms with Crippen molar-refractivity contribution >= 4 is 66.7 Å². The van der Waals surface area contributed by atoms with Crippen molar-refractivity contribution in [3.8, 4) is 0 Å². The van der Waals surface area contributed by atoms with E-state index < -0.39 is 28.5 Å². The van der Waals surface area contributed by atoms with Crippen LogP contribution in [-0.4, -0.2) is 43.8 Å². The van der Waals surface area contributed by atoms with Crippen LogP contribution in [0.5, 0.6) is 0 Å². The first-order valence-electron chi connectivity index (χ1n) is 14.4. The first-order valence-corrected chi connectivity index (χ1v) is 17.4. The topological polar surface area (TPSA) is 86.8 Å². The van der Waals surface area contributed by atoms with Crippen LogP contribution in [0, 0.1) is 6.92 Å². The van der Waals surface area contributed by atoms with Gasteiger partial charge in [0.25, 0.3) is 10.0 Å². The zero-order chi connectivity index (χ0) is 31.1. The summed E-state index contributed by atoms with van der Waals surface area (Å²) in [7, 11) is -4.15. The predicted molar refractivity (Wildman–Crippen MR) is 176 cm³/mol. The minimum absolute atomic E-state index is 0.0449. The molecule has 0 unspecified atom stereocenters. The van der Waals surface area contributed by atoms with Crippen LogP contribution < -0.4 is 9.62 Å². The molecule has 43 heavy (non-hydrogen) atoms. The van der Waals surface area contributed by atoms with Gasteiger partial charge in [-0.25, -0.2) is 8.42 Å². The standard InChI is InChI=1S/C32H36BrCl2N3O4S/c1-3-30(32(40)36-25-9-5-4-6-10-25)37(20-23-14-17-28(34)29(35)18-23)31(39)21-38(26-11-7-8-24(33)19-26)43(41,42)27-15-12-22(2)13-16-27/h7-8,11-19,25,30H,3-6,9-10,20-21H2,1-2H3,(H,36,40)/t30-/m1/s1. The number of sulfonamides is 1. The summed E-state index contributed by atoms with van der Waals surface area (Å²) in [6, 6.07) is 17.5. The molecule has 1 atom stereocenters. The van der Waals surface area contributed by atoms with Crippen LogP contribution in [-0.2, 0) is 26.2 Å². The molecule has 3 aromatic rings. The third kappa shape index (κ3) is 8.53. The van der Waals surface area contributed by atoms with Crippen LogP contribution in [0.4, 0.5) is 5.69 Å². The molecule has 11 heteroatoms. The molecule has 0 heterocycles. The van der Waals surface area contributed by atoms with E-state index in [9.17, 15) is 18.0 Å². The number of nitrogens with zero attached hydrogens (tertiary/aromatic N) is 2. The van der Waals surface area contributed by atoms with Crippen molar-refractivity contribution < 1.29 is 18.0 Å². The lowest BCUT2D eigenvalue weighted by atomic mass is 9.95. The van der Waals surface area contributed by atoms with Gasteiger partial charge in [-0.1, -0.05) is 95.1 Å². The molecule has 1 saturated carbocycles. The lowest BCUT2D eigenvalue weighted by molar-refractivity contribution is -0.140. The Bertz CT molecular complexity index is 1550. The second-order valence-electron chi connectivity index (χ2n) is 10.8. The van der Waals surface area contributed by atoms with Gasteiger partial charge in [-0.15, -0.1) is 0 Å². The summed E-state index contributed by atoms with van der Waals surface area (Å²) >= 11 is 15.9. The van der Waals surface area contributed by atoms with E-state index in [1.165, 1.54) is 17.0 Å². The third-order valence-electron chi connectivity index (χ3n) is 7.66. The maximum absolute atomic E-state index is 14.3. The second-order valence-corrected chi connectivity index (χ2v) is 14.4. The number of benzene rings is 3. The molecule has 0 radical (unpaired) electrons. The van der Waals surface area contributed by atoms with Gasteiger partial charge < -0.3 is 10.2 Å². The molecular formula is C32H36BrCl2N3O4S. The SMILES string of the molecule is CC[C@H](C(=O)NC1CCCCC1)N(Cc1ccc(Cl)c(Cl)c1)C(=O)CN(c1cccc(Br)c1)S(=O)(=O)c1ccc(C)cc1. The summed E-state index contributed by atoms with van der Waals surface area (Å²) in [5.41, 5.74) is 1.89. The van der Waals surface area contributed by atoms with E-state index >= 15 is 0 Å². The number of halogens is 3. The van der Waals surface area contributed by atoms with Crippen molar-refractivity contribution in [1.82, 2.24) is 10.2 Å². The largest absolute Gasteiger partial charge is 0.352 e. The van der Waals surface area contributed by atoms with E-state index in [2.05, 4.69) is 21.2 Å². The zero-order valence-electron chi connectivity index (χ0n) is 24.2. The van der Waals surface area contributed by atoms with Crippen LogP contribution in [0.15, 0.2) is 76.1 Å². The van der Waals surface area contributed by atoms with Gasteiger partial charge in [0.2, 0.25) is 11.8 Å². The highest BCUT2D eigenvalue weighted by Gasteiger charge is 2.34. The van der Waals surface area contributed by atoms with Gasteiger partial charge in [-0.2, -0.15) is 0 Å². The number of anilines is 1. The Hall–Kier alpha value is -2.59. The molecule has 1 fully saturated rings. The monoisotopic (exact) mass is 707 g/mol. The number of hydrogen-bond acceptors (Lipinski definition) is 4. The normalized spacial score (nSPS) is 14.6. The van der Waals surface area contributed by atoms with Gasteiger partial charge in [-0.05, 0) is 74.2 Å². The van der Waals surface area contributed by atoms with Crippen LogP contribution in [0.25, 0.3) is 0 Å². The number of nitrogens with one attached hydrogen (secondary N) is 1. The lowest BCUT2D eigenvalue weighted by Gasteiger charge is -2.34. The Morgan fingerprint density at radius 1 is 0.977 bits per heavy atom. The van der Waals surface area contributed by atoms with Crippen molar-refractivity contribution in [1.29, 1.82) is 0 Å². The zero-order valence-corrected chi connectivity index (χ0v) is 28.1. The molecule has 4 rings (SSSR count). The molecule has 0 saturated heterocycles. The molecule has 0 aromatic heterocycles. The van der Waals surface area contributed by atoms with E-state index in [4.69, 9.17) is 23.2 Å². The fourth-order valence-corrected chi connectivity index (χ4v) is 7.41. The molecule has 230 valence electrons. The summed E-state index contributed by atoms with van der Waals surface area (Å²) in [4.78, 5) is 29.4. The number of amides is 2. The van der Waals surface area contributed by atoms with Crippen LogP contribution in [0.1, 0.15) is 56.6 Å². The summed E-state index contributed by atoms with van der Waals surface area (Å²) in [5.74, 6) is -0.773. The quantitative estimate of drug-likeness (QED) is 0.223. The van der Waals surface area contributed by atoms with Gasteiger partial charge in [0, 0.05) is 17.1 Å². The molecule has 1 aliphatic rings. The molecule has 2 amide bonds. The fraction of sp³-hybridized carbons (Fsp3) is 0.375. The van der Waals surface area contributed by atoms with E-state index in [-0.39, 0.29) is 23.4 Å². The van der Waals surface area contributed by atoms with Crippen LogP contribution in [0.3, 0.4) is 0 Å². The molecule has 1 N–H and O–H groups in total. The number of rotatable bonds is 11. The van der Waals surface area contributed by atoms with E-state index in [0.717, 1.165) is 42.0 Å². The summed E-state index contributed by atoms with van der Waals surface area (Å²) in [6.07, 6.45) is 5.38. The molecule has 0 bridgehead atoms. The Morgan fingerprint density at radius 2 is 1.67 bits per heavy atom. The van der Waals surface area contributed by atoms with Gasteiger partial charge in [0.05, 0.1) is 20.6 Å². The Morgan fingerprint density at radius 3 is 2.30 bits per heavy atom. The van der Waals surface area contributed by atoms with E-state index in [1.807, 2.05) is 13.8 Å². The average molecular weight is 710 g/mol. The smallest absolute Gasteiger partial charge is 0.264 e. The van der Waals surface area contributed by atoms with Gasteiger partial charge in [-0.3, -0.25) is 13.9 Å². The second kappa shape index (κ2) is 14.9. The summed E-state index contributed by atoms with van der Waals surface area (Å²) in [6.45, 7) is 3.25. The van der Waals surface area contributed by atoms with Gasteiger partial charge >= 0.3 is 0 Å². The van der Waals surface area contributed by atoms with Gasteiger partial charge in [0.15, 0.2) is 0 Å². The first kappa shape index (κ1) is 33.3. The molecule has 7 nitrogen and oxygen atoms in total. The predicted octanol–water partition coefficient (Wildman–Crippen LogP) is 7.52. The highest BCUT2D eigenvalue weighted by atomic mass is 79.9. The van der Waals surface area contributed by atoms with E-state index in [0.29, 0.717) is 32.2 Å². The molecule has 0 aliphatic heterocycles. The van der Waals surface area contributed by atoms with Crippen molar-refractivity contribution in [3.63, 3.8) is 0 Å². The lowest BCUT2D eigenvalue weighted by Crippen LogP contribution is -2.54. The van der Waals surface area contributed by atoms with Gasteiger partial charge in [0.1, 0.15) is 12.6 Å². The van der Waals surface area contributed by atoms with Crippen LogP contribution in [0.2, 0.25) is 10.0 Å². The minimum Gasteiger partial charge on any atom is -0.352 e. The number of carbonyl (C=O) groups excluding carboxylic acids is 2. The highest BCUT2D eigenvalue weighted by molar-refractivity contribution is 9.10. The number of aryl methyl sites for hydroxylation is 1. The number of hydrogen-bond donors (Lipinski definition) is 1. The third-order valence-corrected chi connectivity index (χ3v) is 10.7. The molecule has 1 aliphatic carbocycles. The molecule has 0 spiro atoms. The Labute approximate surface area is 272 Å². The summed E-state index contributed by atoms with van der Waals surface area (Å²) in [5, 5.41) is 3.84. The maximum Gasteiger partial charge on any atom is 0.264 e. The van der Waals surface area contributed by atoms with Crippen molar-refractivity contribution in [3.05, 3.63) is 92.4 Å². The highest BCUT2D eigenvalue weighted by Crippen LogP contribution is 2.28. The van der Waals surface area contributed by atoms with E-state index in [1.54, 1.807) is 54.6 Å².